The van der Waals surface area contributed by atoms with Crippen LogP contribution in [-0.4, -0.2) is 17.6 Å². The topological polar surface area (TPSA) is 51.2 Å². The van der Waals surface area contributed by atoms with E-state index in [1.54, 1.807) is 6.20 Å². The standard InChI is InChI=1S/C19H24N2O2/c1-4-23-19(22)13-18(16-10-6-5-9-14(16)2)21-15(3)17-11-7-8-12-20-17/h5-12,15,18,21H,4,13H2,1-3H3/t15-,18-/m0/s1. The highest BCUT2D eigenvalue weighted by Crippen LogP contribution is 2.24. The van der Waals surface area contributed by atoms with Crippen LogP contribution in [0, 0.1) is 6.92 Å². The van der Waals surface area contributed by atoms with Crippen molar-refractivity contribution in [3.05, 3.63) is 65.5 Å². The van der Waals surface area contributed by atoms with Crippen molar-refractivity contribution in [2.45, 2.75) is 39.3 Å². The highest BCUT2D eigenvalue weighted by atomic mass is 16.5. The molecule has 0 saturated carbocycles. The molecule has 0 unspecified atom stereocenters. The molecule has 1 aromatic heterocycles. The van der Waals surface area contributed by atoms with Gasteiger partial charge in [0.1, 0.15) is 0 Å². The highest BCUT2D eigenvalue weighted by Gasteiger charge is 2.21. The van der Waals surface area contributed by atoms with Crippen LogP contribution in [-0.2, 0) is 9.53 Å². The number of rotatable bonds is 7. The summed E-state index contributed by atoms with van der Waals surface area (Å²) >= 11 is 0. The van der Waals surface area contributed by atoms with Crippen LogP contribution < -0.4 is 5.32 Å². The number of aryl methyl sites for hydroxylation is 1. The van der Waals surface area contributed by atoms with Gasteiger partial charge >= 0.3 is 5.97 Å². The van der Waals surface area contributed by atoms with E-state index in [1.165, 1.54) is 0 Å². The molecule has 23 heavy (non-hydrogen) atoms. The summed E-state index contributed by atoms with van der Waals surface area (Å²) in [6, 6.07) is 13.9. The zero-order chi connectivity index (χ0) is 16.7. The lowest BCUT2D eigenvalue weighted by molar-refractivity contribution is -0.143. The summed E-state index contributed by atoms with van der Waals surface area (Å²) < 4.78 is 5.13. The van der Waals surface area contributed by atoms with Crippen molar-refractivity contribution in [3.8, 4) is 0 Å². The minimum atomic E-state index is -0.193. The van der Waals surface area contributed by atoms with Crippen LogP contribution >= 0.6 is 0 Å². The van der Waals surface area contributed by atoms with Gasteiger partial charge in [0, 0.05) is 18.3 Å². The molecule has 0 fully saturated rings. The van der Waals surface area contributed by atoms with Gasteiger partial charge in [-0.15, -0.1) is 0 Å². The number of carbonyl (C=O) groups is 1. The lowest BCUT2D eigenvalue weighted by Crippen LogP contribution is -2.28. The van der Waals surface area contributed by atoms with Crippen LogP contribution in [0.4, 0.5) is 0 Å². The zero-order valence-electron chi connectivity index (χ0n) is 14.0. The first kappa shape index (κ1) is 17.2. The Morgan fingerprint density at radius 3 is 2.61 bits per heavy atom. The summed E-state index contributed by atoms with van der Waals surface area (Å²) in [5.74, 6) is -0.193. The first-order valence-electron chi connectivity index (χ1n) is 8.00. The number of hydrogen-bond acceptors (Lipinski definition) is 4. The van der Waals surface area contributed by atoms with E-state index >= 15 is 0 Å². The second-order valence-electron chi connectivity index (χ2n) is 5.56. The molecule has 0 spiro atoms. The van der Waals surface area contributed by atoms with Gasteiger partial charge in [-0.3, -0.25) is 9.78 Å². The number of hydrogen-bond donors (Lipinski definition) is 1. The van der Waals surface area contributed by atoms with Gasteiger partial charge in [-0.1, -0.05) is 30.3 Å². The van der Waals surface area contributed by atoms with E-state index in [0.717, 1.165) is 16.8 Å². The molecule has 2 atom stereocenters. The Labute approximate surface area is 137 Å². The molecule has 0 amide bonds. The van der Waals surface area contributed by atoms with Crippen molar-refractivity contribution in [2.75, 3.05) is 6.61 Å². The van der Waals surface area contributed by atoms with E-state index in [2.05, 4.69) is 36.3 Å². The maximum absolute atomic E-state index is 12.0. The molecule has 2 aromatic rings. The van der Waals surface area contributed by atoms with E-state index in [4.69, 9.17) is 4.74 Å². The predicted octanol–water partition coefficient (Wildman–Crippen LogP) is 3.74. The summed E-state index contributed by atoms with van der Waals surface area (Å²) in [6.45, 7) is 6.33. The zero-order valence-corrected chi connectivity index (χ0v) is 14.0. The summed E-state index contributed by atoms with van der Waals surface area (Å²) in [6.07, 6.45) is 2.08. The lowest BCUT2D eigenvalue weighted by Gasteiger charge is -2.24. The third-order valence-corrected chi connectivity index (χ3v) is 3.82. The molecule has 0 saturated heterocycles. The number of carbonyl (C=O) groups excluding carboxylic acids is 1. The maximum Gasteiger partial charge on any atom is 0.307 e. The van der Waals surface area contributed by atoms with Crippen LogP contribution in [0.5, 0.6) is 0 Å². The molecule has 1 aromatic carbocycles. The fourth-order valence-electron chi connectivity index (χ4n) is 2.64. The molecule has 1 N–H and O–H groups in total. The Kier molecular flexibility index (Phi) is 6.29. The predicted molar refractivity (Wildman–Crippen MR) is 91.0 cm³/mol. The number of nitrogens with zero attached hydrogens (tertiary/aromatic N) is 1. The Morgan fingerprint density at radius 2 is 1.96 bits per heavy atom. The average Bonchev–Trinajstić information content (AvgIpc) is 2.55. The summed E-state index contributed by atoms with van der Waals surface area (Å²) in [7, 11) is 0. The summed E-state index contributed by atoms with van der Waals surface area (Å²) in [5, 5.41) is 3.52. The second-order valence-corrected chi connectivity index (χ2v) is 5.56. The second kappa shape index (κ2) is 8.44. The Morgan fingerprint density at radius 1 is 1.22 bits per heavy atom. The van der Waals surface area contributed by atoms with Crippen LogP contribution in [0.1, 0.15) is 49.2 Å². The van der Waals surface area contributed by atoms with Crippen molar-refractivity contribution in [3.63, 3.8) is 0 Å². The molecular formula is C19H24N2O2. The SMILES string of the molecule is CCOC(=O)C[C@H](N[C@@H](C)c1ccccn1)c1ccccc1C. The smallest absolute Gasteiger partial charge is 0.307 e. The monoisotopic (exact) mass is 312 g/mol. The fraction of sp³-hybridized carbons (Fsp3) is 0.368. The van der Waals surface area contributed by atoms with Gasteiger partial charge in [-0.25, -0.2) is 0 Å². The van der Waals surface area contributed by atoms with E-state index in [0.29, 0.717) is 13.0 Å². The van der Waals surface area contributed by atoms with E-state index in [1.807, 2.05) is 37.3 Å². The largest absolute Gasteiger partial charge is 0.466 e. The molecule has 0 bridgehead atoms. The minimum absolute atomic E-state index is 0.0373. The first-order valence-corrected chi connectivity index (χ1v) is 8.00. The number of nitrogens with one attached hydrogen (secondary N) is 1. The summed E-state index contributed by atoms with van der Waals surface area (Å²) in [4.78, 5) is 16.4. The van der Waals surface area contributed by atoms with Crippen molar-refractivity contribution in [1.29, 1.82) is 0 Å². The molecule has 4 heteroatoms. The number of pyridine rings is 1. The number of ether oxygens (including phenoxy) is 1. The molecule has 0 aliphatic rings. The van der Waals surface area contributed by atoms with Crippen LogP contribution in [0.15, 0.2) is 48.7 Å². The van der Waals surface area contributed by atoms with Crippen LogP contribution in [0.2, 0.25) is 0 Å². The van der Waals surface area contributed by atoms with Crippen LogP contribution in [0.3, 0.4) is 0 Å². The highest BCUT2D eigenvalue weighted by molar-refractivity contribution is 5.70. The lowest BCUT2D eigenvalue weighted by atomic mass is 9.97. The molecule has 0 radical (unpaired) electrons. The minimum Gasteiger partial charge on any atom is -0.466 e. The number of aromatic nitrogens is 1. The maximum atomic E-state index is 12.0. The van der Waals surface area contributed by atoms with Gasteiger partial charge in [0.2, 0.25) is 0 Å². The average molecular weight is 312 g/mol. The van der Waals surface area contributed by atoms with E-state index in [-0.39, 0.29) is 18.1 Å². The molecule has 1 heterocycles. The fourth-order valence-corrected chi connectivity index (χ4v) is 2.64. The first-order chi connectivity index (χ1) is 11.1. The van der Waals surface area contributed by atoms with Gasteiger partial charge < -0.3 is 10.1 Å². The van der Waals surface area contributed by atoms with Crippen molar-refractivity contribution in [2.24, 2.45) is 0 Å². The third kappa shape index (κ3) is 4.89. The molecule has 0 aliphatic carbocycles. The van der Waals surface area contributed by atoms with Crippen molar-refractivity contribution >= 4 is 5.97 Å². The van der Waals surface area contributed by atoms with E-state index < -0.39 is 0 Å². The molecular weight excluding hydrogens is 288 g/mol. The van der Waals surface area contributed by atoms with Gasteiger partial charge in [0.15, 0.2) is 0 Å². The molecule has 4 nitrogen and oxygen atoms in total. The Hall–Kier alpha value is -2.20. The number of benzene rings is 1. The summed E-state index contributed by atoms with van der Waals surface area (Å²) in [5.41, 5.74) is 3.22. The van der Waals surface area contributed by atoms with Gasteiger partial charge in [0.25, 0.3) is 0 Å². The molecule has 0 aliphatic heterocycles. The third-order valence-electron chi connectivity index (χ3n) is 3.82. The van der Waals surface area contributed by atoms with Gasteiger partial charge in [0.05, 0.1) is 18.7 Å². The van der Waals surface area contributed by atoms with Gasteiger partial charge in [-0.05, 0) is 44.0 Å². The number of esters is 1. The van der Waals surface area contributed by atoms with Crippen molar-refractivity contribution < 1.29 is 9.53 Å². The van der Waals surface area contributed by atoms with Crippen molar-refractivity contribution in [1.82, 2.24) is 10.3 Å². The normalized spacial score (nSPS) is 13.3. The molecule has 2 rings (SSSR count). The Bertz CT molecular complexity index is 628. The van der Waals surface area contributed by atoms with Crippen LogP contribution in [0.25, 0.3) is 0 Å². The molecule has 122 valence electrons. The Balaban J connectivity index is 2.19. The van der Waals surface area contributed by atoms with Gasteiger partial charge in [-0.2, -0.15) is 0 Å². The van der Waals surface area contributed by atoms with E-state index in [9.17, 15) is 4.79 Å². The quantitative estimate of drug-likeness (QED) is 0.791.